The monoisotopic (exact) mass is 88.0 g/mol. The summed E-state index contributed by atoms with van der Waals surface area (Å²) in [5.74, 6) is 0. The van der Waals surface area contributed by atoms with Gasteiger partial charge in [-0.25, -0.2) is 0 Å². The van der Waals surface area contributed by atoms with Crippen molar-refractivity contribution in [1.29, 1.82) is 0 Å². The molecule has 0 rings (SSSR count). The number of hydrogen-bond donors (Lipinski definition) is 0. The molecular formula is C2H6BOP. The molecule has 0 saturated carbocycles. The first-order valence-corrected chi connectivity index (χ1v) is 2.59. The fourth-order valence-electron chi connectivity index (χ4n) is 0.0833. The van der Waals surface area contributed by atoms with Crippen molar-refractivity contribution in [2.24, 2.45) is 0 Å². The molecule has 28 valence electrons. The van der Waals surface area contributed by atoms with E-state index in [0.29, 0.717) is 0 Å². The van der Waals surface area contributed by atoms with Crippen LogP contribution in [-0.4, -0.2) is 6.62 Å². The van der Waals surface area contributed by atoms with E-state index in [9.17, 15) is 4.57 Å². The Balaban J connectivity index is 2.93. The van der Waals surface area contributed by atoms with Crippen molar-refractivity contribution >= 4 is 14.6 Å². The van der Waals surface area contributed by atoms with Gasteiger partial charge in [0, 0.05) is 0 Å². The molecule has 0 radical (unpaired) electrons. The molecule has 0 aromatic rings. The molecule has 0 heterocycles. The Labute approximate surface area is 33.4 Å². The van der Waals surface area contributed by atoms with Crippen LogP contribution in [0.4, 0.5) is 0 Å². The Morgan fingerprint density at radius 2 is 2.60 bits per heavy atom. The van der Waals surface area contributed by atoms with Gasteiger partial charge >= 0.3 is 32.4 Å². The van der Waals surface area contributed by atoms with Crippen LogP contribution >= 0.6 is 7.95 Å². The third-order valence-corrected chi connectivity index (χ3v) is 0.862. The van der Waals surface area contributed by atoms with Gasteiger partial charge in [0.2, 0.25) is 0 Å². The van der Waals surface area contributed by atoms with E-state index in [4.69, 9.17) is 0 Å². The normalized spacial score (nSPS) is 7.40. The first-order chi connectivity index (χ1) is 2.41. The van der Waals surface area contributed by atoms with E-state index in [-0.39, 0.29) is 7.95 Å². The maximum absolute atomic E-state index is 9.50. The van der Waals surface area contributed by atoms with Crippen LogP contribution in [0.5, 0.6) is 0 Å². The van der Waals surface area contributed by atoms with Gasteiger partial charge in [-0.3, -0.25) is 0 Å². The van der Waals surface area contributed by atoms with Crippen molar-refractivity contribution in [3.63, 3.8) is 0 Å². The van der Waals surface area contributed by atoms with Gasteiger partial charge in [0.25, 0.3) is 0 Å². The molecule has 1 atom stereocenters. The SMILES string of the molecule is CCB=[PH]=O. The summed E-state index contributed by atoms with van der Waals surface area (Å²) in [6, 6.07) is 0. The standard InChI is InChI=1S/C2H6BOP/c1-2-3-5-4/h5H,2H2,1H3. The Bertz CT molecular complexity index is 56.7. The van der Waals surface area contributed by atoms with Gasteiger partial charge in [0.15, 0.2) is 0 Å². The molecule has 5 heavy (non-hydrogen) atoms. The van der Waals surface area contributed by atoms with Gasteiger partial charge in [-0.05, 0) is 0 Å². The van der Waals surface area contributed by atoms with E-state index in [1.54, 1.807) is 6.62 Å². The van der Waals surface area contributed by atoms with Crippen LogP contribution in [0.1, 0.15) is 6.92 Å². The first-order valence-electron chi connectivity index (χ1n) is 1.61. The average molecular weight is 87.9 g/mol. The third-order valence-electron chi connectivity index (χ3n) is 0.287. The Morgan fingerprint density at radius 1 is 2.00 bits per heavy atom. The van der Waals surface area contributed by atoms with E-state index in [1.165, 1.54) is 0 Å². The van der Waals surface area contributed by atoms with Crippen LogP contribution < -0.4 is 0 Å². The van der Waals surface area contributed by atoms with Crippen LogP contribution in [0.25, 0.3) is 0 Å². The predicted molar refractivity (Wildman–Crippen MR) is 25.2 cm³/mol. The molecule has 0 N–H and O–H groups in total. The van der Waals surface area contributed by atoms with Gasteiger partial charge in [0.1, 0.15) is 0 Å². The zero-order valence-corrected chi connectivity index (χ0v) is 4.19. The molecule has 0 bridgehead atoms. The quantitative estimate of drug-likeness (QED) is 0.346. The summed E-state index contributed by atoms with van der Waals surface area (Å²) < 4.78 is 9.50. The van der Waals surface area contributed by atoms with Crippen molar-refractivity contribution in [3.05, 3.63) is 0 Å². The summed E-state index contributed by atoms with van der Waals surface area (Å²) in [7, 11) is -0.217. The second-order valence-corrected chi connectivity index (χ2v) is 1.37. The van der Waals surface area contributed by atoms with Crippen molar-refractivity contribution in [3.8, 4) is 0 Å². The molecular weight excluding hydrogens is 81.8 g/mol. The molecule has 1 nitrogen and oxygen atoms in total. The Kier molecular flexibility index (Phi) is 4.30. The average Bonchev–Trinajstić information content (AvgIpc) is 1.41. The molecule has 1 unspecified atom stereocenters. The van der Waals surface area contributed by atoms with Crippen molar-refractivity contribution < 1.29 is 4.57 Å². The predicted octanol–water partition coefficient (Wildman–Crippen LogP) is 1.07. The fraction of sp³-hybridized carbons (Fsp3) is 1.00. The maximum atomic E-state index is 9.50. The van der Waals surface area contributed by atoms with E-state index in [0.717, 1.165) is 6.32 Å². The molecule has 3 heteroatoms. The molecule has 0 aliphatic rings. The van der Waals surface area contributed by atoms with Gasteiger partial charge in [-0.2, -0.15) is 0 Å². The second-order valence-electron chi connectivity index (χ2n) is 0.730. The van der Waals surface area contributed by atoms with Crippen LogP contribution in [0.2, 0.25) is 6.32 Å². The molecule has 0 aromatic heterocycles. The van der Waals surface area contributed by atoms with Crippen LogP contribution in [0, 0.1) is 0 Å². The zero-order chi connectivity index (χ0) is 4.12. The third kappa shape index (κ3) is 4.16. The van der Waals surface area contributed by atoms with Gasteiger partial charge in [0.05, 0.1) is 0 Å². The van der Waals surface area contributed by atoms with Gasteiger partial charge < -0.3 is 0 Å². The number of rotatable bonds is 1. The van der Waals surface area contributed by atoms with Gasteiger partial charge in [-0.1, -0.05) is 0 Å². The zero-order valence-electron chi connectivity index (χ0n) is 3.19. The molecule has 0 spiro atoms. The van der Waals surface area contributed by atoms with Crippen LogP contribution in [0.3, 0.4) is 0 Å². The Hall–Kier alpha value is 0.165. The van der Waals surface area contributed by atoms with Crippen LogP contribution in [0.15, 0.2) is 0 Å². The second kappa shape index (κ2) is 4.16. The summed E-state index contributed by atoms with van der Waals surface area (Å²) in [4.78, 5) is 0. The summed E-state index contributed by atoms with van der Waals surface area (Å²) in [6.07, 6.45) is 0.919. The van der Waals surface area contributed by atoms with Crippen LogP contribution in [-0.2, 0) is 4.57 Å². The van der Waals surface area contributed by atoms with E-state index in [1.807, 2.05) is 6.92 Å². The van der Waals surface area contributed by atoms with E-state index >= 15 is 0 Å². The molecule has 0 aliphatic heterocycles. The van der Waals surface area contributed by atoms with Crippen molar-refractivity contribution in [2.75, 3.05) is 0 Å². The molecule has 0 aliphatic carbocycles. The van der Waals surface area contributed by atoms with E-state index < -0.39 is 0 Å². The van der Waals surface area contributed by atoms with Gasteiger partial charge in [-0.15, -0.1) is 0 Å². The molecule has 0 saturated heterocycles. The topological polar surface area (TPSA) is 17.1 Å². The summed E-state index contributed by atoms with van der Waals surface area (Å²) >= 11 is 0. The van der Waals surface area contributed by atoms with Crippen molar-refractivity contribution in [2.45, 2.75) is 13.2 Å². The first kappa shape index (κ1) is 5.16. The summed E-state index contributed by atoms with van der Waals surface area (Å²) in [5, 5.41) is 0. The minimum atomic E-state index is -0.217. The molecule has 0 aromatic carbocycles. The van der Waals surface area contributed by atoms with E-state index in [2.05, 4.69) is 0 Å². The molecule has 0 fully saturated rings. The Morgan fingerprint density at radius 3 is 2.60 bits per heavy atom. The number of hydrogen-bond acceptors (Lipinski definition) is 1. The minimum absolute atomic E-state index is 0.217. The summed E-state index contributed by atoms with van der Waals surface area (Å²) in [6.45, 7) is 3.69. The molecule has 0 amide bonds. The fourth-order valence-corrected chi connectivity index (χ4v) is 0.250. The summed E-state index contributed by atoms with van der Waals surface area (Å²) in [5.41, 5.74) is 0. The van der Waals surface area contributed by atoms with Crippen molar-refractivity contribution in [1.82, 2.24) is 0 Å².